The number of pyridine rings is 1. The van der Waals surface area contributed by atoms with Crippen molar-refractivity contribution in [1.82, 2.24) is 10.3 Å². The summed E-state index contributed by atoms with van der Waals surface area (Å²) >= 11 is 7.88. The van der Waals surface area contributed by atoms with E-state index in [9.17, 15) is 4.79 Å². The van der Waals surface area contributed by atoms with Crippen LogP contribution in [-0.2, 0) is 5.41 Å². The second-order valence-electron chi connectivity index (χ2n) is 6.12. The number of nitrogens with zero attached hydrogens (tertiary/aromatic N) is 1. The van der Waals surface area contributed by atoms with Crippen LogP contribution in [0.3, 0.4) is 0 Å². The van der Waals surface area contributed by atoms with Gasteiger partial charge in [0.1, 0.15) is 5.15 Å². The molecule has 1 amide bonds. The fraction of sp³-hybridized carbons (Fsp3) is 0.625. The molecule has 0 radical (unpaired) electrons. The molecule has 0 bridgehead atoms. The van der Waals surface area contributed by atoms with Crippen LogP contribution < -0.4 is 5.32 Å². The zero-order valence-corrected chi connectivity index (χ0v) is 14.9. The van der Waals surface area contributed by atoms with E-state index in [0.717, 1.165) is 18.5 Å². The Balaban J connectivity index is 2.56. The minimum Gasteiger partial charge on any atom is -0.352 e. The molecule has 0 fully saturated rings. The number of carbonyl (C=O) groups is 1. The molecule has 5 heteroatoms. The van der Waals surface area contributed by atoms with Crippen LogP contribution in [0.5, 0.6) is 0 Å². The third kappa shape index (κ3) is 6.70. The Hall–Kier alpha value is -0.740. The number of hydrogen-bond acceptors (Lipinski definition) is 3. The van der Waals surface area contributed by atoms with Crippen molar-refractivity contribution < 1.29 is 4.79 Å². The fourth-order valence-corrected chi connectivity index (χ4v) is 2.57. The van der Waals surface area contributed by atoms with E-state index in [1.54, 1.807) is 6.07 Å². The summed E-state index contributed by atoms with van der Waals surface area (Å²) in [4.78, 5) is 16.5. The van der Waals surface area contributed by atoms with Gasteiger partial charge in [-0.2, -0.15) is 11.8 Å². The second-order valence-corrected chi connectivity index (χ2v) is 7.50. The second kappa shape index (κ2) is 8.64. The summed E-state index contributed by atoms with van der Waals surface area (Å²) in [5, 5.41) is 3.32. The Bertz CT molecular complexity index is 472. The molecule has 0 spiro atoms. The van der Waals surface area contributed by atoms with E-state index in [1.165, 1.54) is 12.2 Å². The van der Waals surface area contributed by atoms with Gasteiger partial charge in [-0.05, 0) is 37.0 Å². The number of halogens is 1. The number of hydrogen-bond donors (Lipinski definition) is 1. The number of aromatic nitrogens is 1. The maximum absolute atomic E-state index is 12.2. The lowest BCUT2D eigenvalue weighted by Gasteiger charge is -2.18. The maximum Gasteiger partial charge on any atom is 0.251 e. The van der Waals surface area contributed by atoms with Gasteiger partial charge in [-0.15, -0.1) is 0 Å². The Morgan fingerprint density at radius 1 is 1.29 bits per heavy atom. The van der Waals surface area contributed by atoms with E-state index < -0.39 is 0 Å². The van der Waals surface area contributed by atoms with Gasteiger partial charge in [0, 0.05) is 23.2 Å². The van der Waals surface area contributed by atoms with Gasteiger partial charge in [0.2, 0.25) is 0 Å². The van der Waals surface area contributed by atoms with Crippen LogP contribution in [0.2, 0.25) is 5.15 Å². The Morgan fingerprint density at radius 2 is 2.00 bits per heavy atom. The van der Waals surface area contributed by atoms with Crippen molar-refractivity contribution in [3.63, 3.8) is 0 Å². The lowest BCUT2D eigenvalue weighted by Crippen LogP contribution is -2.25. The molecule has 0 saturated carbocycles. The van der Waals surface area contributed by atoms with Crippen molar-refractivity contribution in [3.8, 4) is 0 Å². The molecule has 1 rings (SSSR count). The van der Waals surface area contributed by atoms with E-state index in [1.807, 2.05) is 17.8 Å². The standard InChI is InChI=1S/C16H25ClN2OS/c1-16(2,3)13-10-12(11-14(17)19-13)15(20)18-8-6-5-7-9-21-4/h10-11H,5-9H2,1-4H3,(H,18,20). The van der Waals surface area contributed by atoms with Crippen LogP contribution in [0.15, 0.2) is 12.1 Å². The monoisotopic (exact) mass is 328 g/mol. The average Bonchev–Trinajstić information content (AvgIpc) is 2.40. The normalized spacial score (nSPS) is 11.5. The Kier molecular flexibility index (Phi) is 7.53. The van der Waals surface area contributed by atoms with Gasteiger partial charge in [-0.1, -0.05) is 38.8 Å². The molecule has 3 nitrogen and oxygen atoms in total. The molecule has 1 heterocycles. The minimum absolute atomic E-state index is 0.0744. The van der Waals surface area contributed by atoms with Crippen LogP contribution in [-0.4, -0.2) is 29.4 Å². The van der Waals surface area contributed by atoms with Crippen LogP contribution in [0.1, 0.15) is 56.1 Å². The summed E-state index contributed by atoms with van der Waals surface area (Å²) in [6.07, 6.45) is 5.47. The van der Waals surface area contributed by atoms with E-state index in [-0.39, 0.29) is 11.3 Å². The number of unbranched alkanes of at least 4 members (excludes halogenated alkanes) is 2. The highest BCUT2D eigenvalue weighted by molar-refractivity contribution is 7.98. The molecule has 0 saturated heterocycles. The molecular weight excluding hydrogens is 304 g/mol. The van der Waals surface area contributed by atoms with E-state index in [0.29, 0.717) is 17.3 Å². The highest BCUT2D eigenvalue weighted by Gasteiger charge is 2.18. The first kappa shape index (κ1) is 18.3. The minimum atomic E-state index is -0.127. The van der Waals surface area contributed by atoms with E-state index in [2.05, 4.69) is 37.3 Å². The van der Waals surface area contributed by atoms with Gasteiger partial charge in [0.15, 0.2) is 0 Å². The number of nitrogens with one attached hydrogen (secondary N) is 1. The summed E-state index contributed by atoms with van der Waals surface area (Å²) in [5.74, 6) is 1.11. The summed E-state index contributed by atoms with van der Waals surface area (Å²) in [5.41, 5.74) is 1.29. The van der Waals surface area contributed by atoms with E-state index >= 15 is 0 Å². The molecule has 1 aromatic rings. The number of amides is 1. The average molecular weight is 329 g/mol. The fourth-order valence-electron chi connectivity index (χ4n) is 1.86. The third-order valence-corrected chi connectivity index (χ3v) is 4.03. The van der Waals surface area contributed by atoms with Gasteiger partial charge in [-0.3, -0.25) is 4.79 Å². The van der Waals surface area contributed by atoms with Crippen LogP contribution in [0, 0.1) is 0 Å². The lowest BCUT2D eigenvalue weighted by molar-refractivity contribution is 0.0952. The highest BCUT2D eigenvalue weighted by Crippen LogP contribution is 2.23. The molecule has 118 valence electrons. The van der Waals surface area contributed by atoms with Gasteiger partial charge >= 0.3 is 0 Å². The summed E-state index contributed by atoms with van der Waals surface area (Å²) in [6, 6.07) is 3.45. The molecule has 0 aliphatic heterocycles. The first-order valence-corrected chi connectivity index (χ1v) is 9.07. The smallest absolute Gasteiger partial charge is 0.251 e. The number of rotatable bonds is 7. The first-order chi connectivity index (χ1) is 9.84. The zero-order chi connectivity index (χ0) is 15.9. The number of carbonyl (C=O) groups excluding carboxylic acids is 1. The largest absolute Gasteiger partial charge is 0.352 e. The van der Waals surface area contributed by atoms with Crippen LogP contribution in [0.25, 0.3) is 0 Å². The number of thioether (sulfide) groups is 1. The van der Waals surface area contributed by atoms with Crippen molar-refractivity contribution in [2.45, 2.75) is 45.4 Å². The molecule has 0 unspecified atom stereocenters. The summed E-state index contributed by atoms with van der Waals surface area (Å²) in [6.45, 7) is 6.87. The molecule has 0 aromatic carbocycles. The van der Waals surface area contributed by atoms with Crippen LogP contribution in [0.4, 0.5) is 0 Å². The molecule has 1 aromatic heterocycles. The molecule has 0 atom stereocenters. The van der Waals surface area contributed by atoms with Crippen LogP contribution >= 0.6 is 23.4 Å². The van der Waals surface area contributed by atoms with Crippen molar-refractivity contribution in [1.29, 1.82) is 0 Å². The van der Waals surface area contributed by atoms with Crippen molar-refractivity contribution in [2.75, 3.05) is 18.6 Å². The van der Waals surface area contributed by atoms with Crippen molar-refractivity contribution in [3.05, 3.63) is 28.5 Å². The first-order valence-electron chi connectivity index (χ1n) is 7.30. The molecule has 1 N–H and O–H groups in total. The van der Waals surface area contributed by atoms with Gasteiger partial charge < -0.3 is 5.32 Å². The zero-order valence-electron chi connectivity index (χ0n) is 13.3. The lowest BCUT2D eigenvalue weighted by atomic mass is 9.91. The Morgan fingerprint density at radius 3 is 2.62 bits per heavy atom. The third-order valence-electron chi connectivity index (χ3n) is 3.14. The van der Waals surface area contributed by atoms with Gasteiger partial charge in [0.25, 0.3) is 5.91 Å². The molecule has 0 aliphatic rings. The molecule has 0 aliphatic carbocycles. The van der Waals surface area contributed by atoms with Gasteiger partial charge in [0.05, 0.1) is 0 Å². The van der Waals surface area contributed by atoms with Crippen molar-refractivity contribution >= 4 is 29.3 Å². The maximum atomic E-state index is 12.2. The summed E-state index contributed by atoms with van der Waals surface area (Å²) < 4.78 is 0. The highest BCUT2D eigenvalue weighted by atomic mass is 35.5. The molecule has 21 heavy (non-hydrogen) atoms. The summed E-state index contributed by atoms with van der Waals surface area (Å²) in [7, 11) is 0. The van der Waals surface area contributed by atoms with Crippen molar-refractivity contribution in [2.24, 2.45) is 0 Å². The predicted octanol–water partition coefficient (Wildman–Crippen LogP) is 4.30. The predicted molar refractivity (Wildman–Crippen MR) is 92.5 cm³/mol. The van der Waals surface area contributed by atoms with Gasteiger partial charge in [-0.25, -0.2) is 4.98 Å². The Labute approximate surface area is 137 Å². The topological polar surface area (TPSA) is 42.0 Å². The van der Waals surface area contributed by atoms with E-state index in [4.69, 9.17) is 11.6 Å². The quantitative estimate of drug-likeness (QED) is 0.599. The molecular formula is C16H25ClN2OS. The SMILES string of the molecule is CSCCCCCNC(=O)c1cc(Cl)nc(C(C)(C)C)c1.